The summed E-state index contributed by atoms with van der Waals surface area (Å²) in [4.78, 5) is 11.3. The highest BCUT2D eigenvalue weighted by atomic mass is 16.5. The maximum atomic E-state index is 11.3. The molecule has 1 aliphatic carbocycles. The van der Waals surface area contributed by atoms with E-state index in [4.69, 9.17) is 10.3 Å². The first-order chi connectivity index (χ1) is 6.66. The topological polar surface area (TPSA) is 81.2 Å². The molecule has 0 bridgehead atoms. The number of carbonyl (C=O) groups is 1. The predicted molar refractivity (Wildman–Crippen MR) is 49.2 cm³/mol. The maximum Gasteiger partial charge on any atom is 0.225 e. The van der Waals surface area contributed by atoms with Gasteiger partial charge in [-0.2, -0.15) is 0 Å². The highest BCUT2D eigenvalue weighted by Crippen LogP contribution is 2.27. The van der Waals surface area contributed by atoms with Crippen molar-refractivity contribution in [3.8, 4) is 0 Å². The fourth-order valence-corrected chi connectivity index (χ4v) is 1.32. The molecule has 1 aromatic heterocycles. The molecule has 0 spiro atoms. The Morgan fingerprint density at radius 2 is 2.57 bits per heavy atom. The zero-order valence-corrected chi connectivity index (χ0v) is 7.99. The summed E-state index contributed by atoms with van der Waals surface area (Å²) in [5, 5.41) is 6.47. The second kappa shape index (κ2) is 3.42. The molecule has 2 atom stereocenters. The number of rotatable bonds is 3. The van der Waals surface area contributed by atoms with Crippen LogP contribution < -0.4 is 11.1 Å². The van der Waals surface area contributed by atoms with E-state index in [2.05, 4.69) is 10.5 Å². The lowest BCUT2D eigenvalue weighted by atomic mass is 10.3. The number of amides is 1. The number of nitrogens with two attached hydrogens (primary N) is 1. The number of nitrogens with one attached hydrogen (secondary N) is 1. The summed E-state index contributed by atoms with van der Waals surface area (Å²) in [6, 6.07) is 1.85. The largest absolute Gasteiger partial charge is 0.359 e. The van der Waals surface area contributed by atoms with E-state index in [1.807, 2.05) is 6.92 Å². The Labute approximate surface area is 81.6 Å². The molecule has 1 aliphatic rings. The molecule has 2 rings (SSSR count). The van der Waals surface area contributed by atoms with Crippen LogP contribution in [0.15, 0.2) is 10.6 Å². The van der Waals surface area contributed by atoms with E-state index < -0.39 is 0 Å². The molecule has 5 nitrogen and oxygen atoms in total. The van der Waals surface area contributed by atoms with Crippen LogP contribution >= 0.6 is 0 Å². The second-order valence-electron chi connectivity index (χ2n) is 3.66. The van der Waals surface area contributed by atoms with Crippen LogP contribution in [0, 0.1) is 12.8 Å². The van der Waals surface area contributed by atoms with Crippen molar-refractivity contribution >= 4 is 5.91 Å². The van der Waals surface area contributed by atoms with Crippen LogP contribution in [0.25, 0.3) is 0 Å². The van der Waals surface area contributed by atoms with E-state index in [-0.39, 0.29) is 17.9 Å². The van der Waals surface area contributed by atoms with Crippen molar-refractivity contribution in [3.63, 3.8) is 0 Å². The molecular formula is C9H13N3O2. The average molecular weight is 195 g/mol. The quantitative estimate of drug-likeness (QED) is 0.708. The SMILES string of the molecule is Cc1cc(CNC(=O)C2CC2N)on1. The van der Waals surface area contributed by atoms with Gasteiger partial charge in [0.05, 0.1) is 18.2 Å². The highest BCUT2D eigenvalue weighted by molar-refractivity contribution is 5.82. The van der Waals surface area contributed by atoms with Gasteiger partial charge in [0.1, 0.15) is 0 Å². The summed E-state index contributed by atoms with van der Waals surface area (Å²) < 4.78 is 4.95. The van der Waals surface area contributed by atoms with Crippen molar-refractivity contribution in [1.82, 2.24) is 10.5 Å². The number of hydrogen-bond acceptors (Lipinski definition) is 4. The summed E-state index contributed by atoms with van der Waals surface area (Å²) in [6.07, 6.45) is 0.793. The molecule has 1 saturated carbocycles. The Kier molecular flexibility index (Phi) is 2.25. The molecule has 1 fully saturated rings. The van der Waals surface area contributed by atoms with E-state index in [9.17, 15) is 4.79 Å². The van der Waals surface area contributed by atoms with Crippen LogP contribution in [0.2, 0.25) is 0 Å². The van der Waals surface area contributed by atoms with Gasteiger partial charge in [0.2, 0.25) is 5.91 Å². The molecule has 3 N–H and O–H groups in total. The Bertz CT molecular complexity index is 348. The molecule has 0 radical (unpaired) electrons. The van der Waals surface area contributed by atoms with Gasteiger partial charge in [-0.05, 0) is 13.3 Å². The van der Waals surface area contributed by atoms with E-state index >= 15 is 0 Å². The third-order valence-corrected chi connectivity index (χ3v) is 2.29. The minimum atomic E-state index is -0.000909. The van der Waals surface area contributed by atoms with Gasteiger partial charge in [0, 0.05) is 12.1 Å². The molecule has 5 heteroatoms. The van der Waals surface area contributed by atoms with Crippen molar-refractivity contribution in [2.75, 3.05) is 0 Å². The highest BCUT2D eigenvalue weighted by Gasteiger charge is 2.39. The van der Waals surface area contributed by atoms with Crippen molar-refractivity contribution < 1.29 is 9.32 Å². The van der Waals surface area contributed by atoms with E-state index in [1.165, 1.54) is 0 Å². The van der Waals surface area contributed by atoms with Crippen LogP contribution in [-0.4, -0.2) is 17.1 Å². The molecule has 1 amide bonds. The molecule has 0 saturated heterocycles. The predicted octanol–water partition coefficient (Wildman–Crippen LogP) is -0.0536. The normalized spacial score (nSPS) is 24.7. The van der Waals surface area contributed by atoms with E-state index in [0.717, 1.165) is 12.1 Å². The number of nitrogens with zero attached hydrogens (tertiary/aromatic N) is 1. The van der Waals surface area contributed by atoms with Gasteiger partial charge < -0.3 is 15.6 Å². The fourth-order valence-electron chi connectivity index (χ4n) is 1.32. The first kappa shape index (κ1) is 9.21. The zero-order valence-electron chi connectivity index (χ0n) is 7.99. The molecule has 76 valence electrons. The van der Waals surface area contributed by atoms with E-state index in [0.29, 0.717) is 12.3 Å². The van der Waals surface area contributed by atoms with Crippen molar-refractivity contribution in [3.05, 3.63) is 17.5 Å². The number of aromatic nitrogens is 1. The molecule has 2 unspecified atom stereocenters. The molecule has 14 heavy (non-hydrogen) atoms. The number of hydrogen-bond donors (Lipinski definition) is 2. The van der Waals surface area contributed by atoms with Crippen LogP contribution in [0.5, 0.6) is 0 Å². The first-order valence-electron chi connectivity index (χ1n) is 4.62. The minimum Gasteiger partial charge on any atom is -0.359 e. The molecule has 0 aliphatic heterocycles. The Morgan fingerprint density at radius 1 is 1.86 bits per heavy atom. The Hall–Kier alpha value is -1.36. The Morgan fingerprint density at radius 3 is 3.07 bits per heavy atom. The van der Waals surface area contributed by atoms with Gasteiger partial charge in [-0.3, -0.25) is 4.79 Å². The van der Waals surface area contributed by atoms with E-state index in [1.54, 1.807) is 6.07 Å². The van der Waals surface area contributed by atoms with Crippen molar-refractivity contribution in [2.45, 2.75) is 25.9 Å². The van der Waals surface area contributed by atoms with Gasteiger partial charge in [-0.1, -0.05) is 5.16 Å². The van der Waals surface area contributed by atoms with Crippen molar-refractivity contribution in [1.29, 1.82) is 0 Å². The number of aryl methyl sites for hydroxylation is 1. The first-order valence-corrected chi connectivity index (χ1v) is 4.62. The summed E-state index contributed by atoms with van der Waals surface area (Å²) in [6.45, 7) is 2.23. The lowest BCUT2D eigenvalue weighted by Gasteiger charge is -1.99. The average Bonchev–Trinajstić information content (AvgIpc) is 2.72. The Balaban J connectivity index is 1.80. The zero-order chi connectivity index (χ0) is 10.1. The molecule has 1 heterocycles. The summed E-state index contributed by atoms with van der Waals surface area (Å²) in [7, 11) is 0. The molecular weight excluding hydrogens is 182 g/mol. The van der Waals surface area contributed by atoms with Crippen LogP contribution in [-0.2, 0) is 11.3 Å². The third-order valence-electron chi connectivity index (χ3n) is 2.29. The van der Waals surface area contributed by atoms with Gasteiger partial charge in [-0.25, -0.2) is 0 Å². The lowest BCUT2D eigenvalue weighted by molar-refractivity contribution is -0.122. The van der Waals surface area contributed by atoms with Crippen LogP contribution in [0.1, 0.15) is 17.9 Å². The summed E-state index contributed by atoms with van der Waals surface area (Å²) >= 11 is 0. The minimum absolute atomic E-state index is 0.000909. The van der Waals surface area contributed by atoms with Crippen LogP contribution in [0.4, 0.5) is 0 Å². The van der Waals surface area contributed by atoms with Crippen LogP contribution in [0.3, 0.4) is 0 Å². The number of carbonyl (C=O) groups excluding carboxylic acids is 1. The van der Waals surface area contributed by atoms with Gasteiger partial charge in [0.25, 0.3) is 0 Å². The third kappa shape index (κ3) is 1.93. The lowest BCUT2D eigenvalue weighted by Crippen LogP contribution is -2.26. The molecule has 0 aromatic carbocycles. The second-order valence-corrected chi connectivity index (χ2v) is 3.66. The monoisotopic (exact) mass is 195 g/mol. The van der Waals surface area contributed by atoms with Crippen molar-refractivity contribution in [2.24, 2.45) is 11.7 Å². The summed E-state index contributed by atoms with van der Waals surface area (Å²) in [5.41, 5.74) is 6.36. The molecule has 1 aromatic rings. The standard InChI is InChI=1S/C9H13N3O2/c1-5-2-6(14-12-5)4-11-9(13)7-3-8(7)10/h2,7-8H,3-4,10H2,1H3,(H,11,13). The van der Waals surface area contributed by atoms with Gasteiger partial charge >= 0.3 is 0 Å². The fraction of sp³-hybridized carbons (Fsp3) is 0.556. The smallest absolute Gasteiger partial charge is 0.225 e. The van der Waals surface area contributed by atoms with Gasteiger partial charge in [-0.15, -0.1) is 0 Å². The maximum absolute atomic E-state index is 11.3. The van der Waals surface area contributed by atoms with Gasteiger partial charge in [0.15, 0.2) is 5.76 Å². The summed E-state index contributed by atoms with van der Waals surface area (Å²) in [5.74, 6) is 0.677.